The van der Waals surface area contributed by atoms with Crippen molar-refractivity contribution in [3.63, 3.8) is 0 Å². The van der Waals surface area contributed by atoms with Gasteiger partial charge in [0.15, 0.2) is 23.9 Å². The Hall–Kier alpha value is -8.26. The molecule has 3 saturated heterocycles. The summed E-state index contributed by atoms with van der Waals surface area (Å²) in [4.78, 5) is 140. The number of aryl methyl sites for hydroxylation is 2. The van der Waals surface area contributed by atoms with Crippen LogP contribution in [0.2, 0.25) is 0 Å². The molecule has 19 N–H and O–H groups in total. The Bertz CT molecular complexity index is 4520. The Morgan fingerprint density at radius 1 is 0.734 bits per heavy atom. The van der Waals surface area contributed by atoms with Crippen LogP contribution in [0.1, 0.15) is 157 Å². The van der Waals surface area contributed by atoms with E-state index < -0.39 is 168 Å². The number of ether oxygens (including phenoxy) is 2. The number of nitrogens with two attached hydrogens (primary N) is 7. The molecule has 4 aromatic rings. The van der Waals surface area contributed by atoms with Crippen molar-refractivity contribution in [2.24, 2.45) is 94.7 Å². The minimum absolute atomic E-state index is 0. The van der Waals surface area contributed by atoms with Gasteiger partial charge in [-0.3, -0.25) is 57.7 Å². The molecule has 0 spiro atoms. The zero-order valence-electron chi connectivity index (χ0n) is 62.8. The van der Waals surface area contributed by atoms with Crippen LogP contribution in [0, 0.1) is 66.1 Å². The summed E-state index contributed by atoms with van der Waals surface area (Å²) in [5, 5.41) is 49.6. The van der Waals surface area contributed by atoms with Gasteiger partial charge in [-0.2, -0.15) is 5.70 Å². The molecule has 19 atom stereocenters. The Kier molecular flexibility index (Phi) is 25.0. The van der Waals surface area contributed by atoms with Crippen molar-refractivity contribution >= 4 is 94.3 Å². The number of imidazole rings is 2. The zero-order chi connectivity index (χ0) is 79.6. The zero-order valence-corrected chi connectivity index (χ0v) is 64.8. The molecule has 8 bridgehead atoms. The number of amides is 7. The molecule has 109 heavy (non-hydrogen) atoms. The van der Waals surface area contributed by atoms with Crippen molar-refractivity contribution < 1.29 is 98.7 Å². The van der Waals surface area contributed by atoms with Crippen LogP contribution in [-0.4, -0.2) is 175 Å². The molecule has 1 unspecified atom stereocenters. The number of nitrogen functional groups attached to an aromatic ring is 1. The van der Waals surface area contributed by atoms with Gasteiger partial charge < -0.3 is 106 Å². The third kappa shape index (κ3) is 16.3. The van der Waals surface area contributed by atoms with E-state index in [0.717, 1.165) is 11.1 Å². The second-order valence-corrected chi connectivity index (χ2v) is 32.4. The van der Waals surface area contributed by atoms with Gasteiger partial charge in [0.2, 0.25) is 41.4 Å². The van der Waals surface area contributed by atoms with Crippen LogP contribution in [0.25, 0.3) is 27.5 Å². The molecule has 10 heterocycles. The van der Waals surface area contributed by atoms with Crippen LogP contribution >= 0.6 is 7.82 Å². The van der Waals surface area contributed by atoms with Crippen molar-refractivity contribution in [3.05, 3.63) is 88.8 Å². The van der Waals surface area contributed by atoms with Gasteiger partial charge in [0.1, 0.15) is 36.3 Å². The smallest absolute Gasteiger partial charge is 0.756 e. The number of aliphatic hydroxyl groups excluding tert-OH is 4. The van der Waals surface area contributed by atoms with Gasteiger partial charge >= 0.3 is 16.8 Å². The van der Waals surface area contributed by atoms with Gasteiger partial charge in [-0.25, -0.2) is 19.9 Å². The maximum Gasteiger partial charge on any atom is 2.00 e. The van der Waals surface area contributed by atoms with Crippen molar-refractivity contribution in [2.45, 2.75) is 214 Å². The summed E-state index contributed by atoms with van der Waals surface area (Å²) in [5.74, 6) is -7.16. The number of carbonyl (C=O) groups is 7. The number of anilines is 1. The van der Waals surface area contributed by atoms with Crippen LogP contribution in [0.15, 0.2) is 80.4 Å². The standard InChI is InChI=1S/C62H90N13O14P.C10H12N5O3.Co/c1-29-20-39-40(21-30(29)2)75(28-70-39)57-52(84)53(41(27-76)87-57)89-90(85,86)88-31(3)26-69-49(83)18-19-59(8)37(22-46(66)80)56-62(11)61(10,25-48(68)82)36(14-17-45(65)79)51(74-62)33(5)55-60(9,24-47(67)81)34(12-15-43(63)77)38(71-55)23-42-58(6,7)35(13-16-44(64)78)50(72-42)32(4)54(59)73-56;1-4-6(16)7(17)10(18-4)15-3-14-5-8(11)12-2-13-9(5)15;/h20-21,23,28,31,34-37,41,52-53,56-57,76,84H,12-19,22,24-27H2,1-11H3,(H15,63,64,65,66,67,68,69,71,72,73,74,77,78,79,80,81,82,83,85,86);2-4,6-7,10,16-17H,1H2,(H2,11,12,13);/q;-1;+2/p-2/t31-,34-,35-,36-,37+,41-,52-,53-,56-,57+,59-,60+,61+,62+;4-,6-,7-,10-;/m11./s1. The van der Waals surface area contributed by atoms with E-state index in [0.29, 0.717) is 67.6 Å². The topological polar surface area (TPSA) is 584 Å². The van der Waals surface area contributed by atoms with Crippen LogP contribution in [-0.2, 0) is 73.4 Å². The predicted octanol–water partition coefficient (Wildman–Crippen LogP) is 2.17. The van der Waals surface area contributed by atoms with Gasteiger partial charge in [-0.15, -0.1) is 0 Å². The average molecular weight is 1580 g/mol. The number of nitrogens with one attached hydrogen (secondary N) is 1. The molecule has 11 rings (SSSR count). The number of phosphoric acid groups is 1. The molecule has 37 heteroatoms. The maximum absolute atomic E-state index is 14.4. The number of carbonyl (C=O) groups excluding carboxylic acids is 7. The Morgan fingerprint density at radius 3 is 1.94 bits per heavy atom. The van der Waals surface area contributed by atoms with Crippen LogP contribution < -0.4 is 50.3 Å². The van der Waals surface area contributed by atoms with E-state index in [9.17, 15) is 63.4 Å². The molecule has 35 nitrogen and oxygen atoms in total. The first-order chi connectivity index (χ1) is 50.4. The number of phosphoric ester groups is 1. The SMILES string of the molecule is C/C1=C2/[N-][C@H]([C@H](CC(N)=O)[C@@]2(C)CCC(=O)NC[C@@H](C)OP(=O)([O-])O[C@H]2[C@@H](O)[C@@H](n3cnc4cc(C)c(C)cc43)O[C@@H]2CO)[C@]2(C)N=C(/C(C)=C3N=C(/C=C4N=C1[C@@H](CCC(N)=O)C\4(C)C)[C@@H](CCC(N)=O)[C@]\3(C)CC(N)=O)[C@@H](CCC(N)=O)[C@]2(C)CC(N)=O.[CH2-][C@H]1O[C@@H](n2cnc3c(N)ncnc32)[C@H](O)[C@@H]1O.[Co+2]. The van der Waals surface area contributed by atoms with Crippen molar-refractivity contribution in [1.29, 1.82) is 0 Å². The van der Waals surface area contributed by atoms with Gasteiger partial charge in [0, 0.05) is 108 Å². The van der Waals surface area contributed by atoms with Crippen molar-refractivity contribution in [3.8, 4) is 0 Å². The molecule has 7 aliphatic heterocycles. The van der Waals surface area contributed by atoms with E-state index in [1.54, 1.807) is 6.92 Å². The molecule has 1 aromatic carbocycles. The monoisotopic (exact) mass is 1580 g/mol. The summed E-state index contributed by atoms with van der Waals surface area (Å²) in [6.45, 7) is 22.6. The van der Waals surface area contributed by atoms with Gasteiger partial charge in [0.25, 0.3) is 7.82 Å². The third-order valence-corrected chi connectivity index (χ3v) is 24.6. The Morgan fingerprint density at radius 2 is 1.34 bits per heavy atom. The minimum atomic E-state index is -5.32. The van der Waals surface area contributed by atoms with E-state index >= 15 is 0 Å². The first-order valence-corrected chi connectivity index (χ1v) is 37.3. The van der Waals surface area contributed by atoms with Crippen molar-refractivity contribution in [1.82, 2.24) is 34.4 Å². The number of rotatable bonds is 27. The normalized spacial score (nSPS) is 33.6. The minimum Gasteiger partial charge on any atom is -0.756 e. The van der Waals surface area contributed by atoms with Crippen LogP contribution in [0.5, 0.6) is 0 Å². The summed E-state index contributed by atoms with van der Waals surface area (Å²) < 4.78 is 38.8. The summed E-state index contributed by atoms with van der Waals surface area (Å²) in [7, 11) is -5.32. The average Bonchev–Trinajstić information content (AvgIpc) is 1.53. The van der Waals surface area contributed by atoms with E-state index in [2.05, 4.69) is 32.2 Å². The first-order valence-electron chi connectivity index (χ1n) is 35.9. The first kappa shape index (κ1) is 84.8. The summed E-state index contributed by atoms with van der Waals surface area (Å²) in [6, 6.07) is 2.65. The maximum atomic E-state index is 14.4. The van der Waals surface area contributed by atoms with E-state index in [4.69, 9.17) is 79.0 Å². The molecule has 0 saturated carbocycles. The number of nitrogens with zero attached hydrogens (tertiary/aromatic N) is 10. The number of fused-ring (bicyclic) bond motifs is 8. The van der Waals surface area contributed by atoms with Crippen LogP contribution in [0.4, 0.5) is 5.82 Å². The second kappa shape index (κ2) is 32.2. The molecular formula is C72H100CoN18O17P-. The quantitative estimate of drug-likeness (QED) is 0.0301. The van der Waals surface area contributed by atoms with E-state index in [1.807, 2.05) is 80.5 Å². The second-order valence-electron chi connectivity index (χ2n) is 31.1. The number of benzene rings is 1. The van der Waals surface area contributed by atoms with Gasteiger partial charge in [-0.05, 0) is 125 Å². The molecule has 3 fully saturated rings. The fourth-order valence-electron chi connectivity index (χ4n) is 17.3. The van der Waals surface area contributed by atoms with Gasteiger partial charge in [0.05, 0.1) is 53.7 Å². The summed E-state index contributed by atoms with van der Waals surface area (Å²) >= 11 is 0. The van der Waals surface area contributed by atoms with E-state index in [1.165, 1.54) is 35.0 Å². The molecule has 7 amide bonds. The summed E-state index contributed by atoms with van der Waals surface area (Å²) in [6.07, 6.45) is -5.69. The molecule has 1 radical (unpaired) electrons. The van der Waals surface area contributed by atoms with E-state index in [-0.39, 0.29) is 99.8 Å². The molecule has 595 valence electrons. The number of allylic oxidation sites excluding steroid dienone is 6. The third-order valence-electron chi connectivity index (χ3n) is 23.5. The summed E-state index contributed by atoms with van der Waals surface area (Å²) in [5.41, 5.74) is 43.2. The molecular weight excluding hydrogens is 1480 g/mol. The Labute approximate surface area is 640 Å². The van der Waals surface area contributed by atoms with Crippen molar-refractivity contribution in [2.75, 3.05) is 18.9 Å². The number of aliphatic hydroxyl groups is 4. The largest absolute Gasteiger partial charge is 2.00 e. The molecule has 0 aliphatic carbocycles. The fraction of sp³-hybridized carbons (Fsp3) is 0.597. The fourth-order valence-corrected chi connectivity index (χ4v) is 18.5. The van der Waals surface area contributed by atoms with Gasteiger partial charge in [-0.1, -0.05) is 40.7 Å². The number of aromatic nitrogens is 6. The molecule has 7 aliphatic rings. The number of primary amides is 6. The molecule has 3 aromatic heterocycles. The number of aliphatic imine (C=N–C) groups is 3. The number of hydrogen-bond acceptors (Lipinski definition) is 25. The Balaban J connectivity index is 0.000000623. The van der Waals surface area contributed by atoms with Crippen LogP contribution in [0.3, 0.4) is 0 Å². The number of hydrogen-bond donors (Lipinski definition) is 12. The predicted molar refractivity (Wildman–Crippen MR) is 393 cm³/mol.